The van der Waals surface area contributed by atoms with Crippen molar-refractivity contribution in [3.05, 3.63) is 34.9 Å². The van der Waals surface area contributed by atoms with Crippen molar-refractivity contribution in [1.82, 2.24) is 4.90 Å². The van der Waals surface area contributed by atoms with Crippen molar-refractivity contribution in [2.75, 3.05) is 13.1 Å². The first-order valence-corrected chi connectivity index (χ1v) is 6.88. The molecular formula is C15H19NO3. The fourth-order valence-corrected chi connectivity index (χ4v) is 2.99. The lowest BCUT2D eigenvalue weighted by molar-refractivity contribution is -0.129. The van der Waals surface area contributed by atoms with E-state index in [1.54, 1.807) is 4.90 Å². The Morgan fingerprint density at radius 1 is 1.16 bits per heavy atom. The molecule has 1 fully saturated rings. The Morgan fingerprint density at radius 2 is 1.84 bits per heavy atom. The number of aliphatic hydroxyl groups excluding tert-OH is 2. The number of likely N-dealkylation sites (tertiary alicyclic amines) is 1. The van der Waals surface area contributed by atoms with Crippen molar-refractivity contribution in [2.24, 2.45) is 0 Å². The maximum Gasteiger partial charge on any atom is 0.227 e. The van der Waals surface area contributed by atoms with E-state index in [1.165, 1.54) is 17.5 Å². The number of nitrogens with zero attached hydrogens (tertiary/aromatic N) is 1. The second kappa shape index (κ2) is 4.94. The Balaban J connectivity index is 1.67. The Morgan fingerprint density at radius 3 is 2.58 bits per heavy atom. The SMILES string of the molecule is O=C(Cc1ccc2c(c1)CCC2)N1CC(O)C(O)C1. The minimum absolute atomic E-state index is 0.0199. The third kappa shape index (κ3) is 2.51. The summed E-state index contributed by atoms with van der Waals surface area (Å²) in [7, 11) is 0. The molecule has 0 saturated carbocycles. The third-order valence-electron chi connectivity index (χ3n) is 4.13. The van der Waals surface area contributed by atoms with Gasteiger partial charge in [-0.3, -0.25) is 4.79 Å². The number of hydrogen-bond acceptors (Lipinski definition) is 3. The minimum Gasteiger partial charge on any atom is -0.388 e. The molecule has 4 nitrogen and oxygen atoms in total. The van der Waals surface area contributed by atoms with Crippen molar-refractivity contribution in [3.63, 3.8) is 0 Å². The summed E-state index contributed by atoms with van der Waals surface area (Å²) in [6, 6.07) is 6.27. The minimum atomic E-state index is -0.802. The molecule has 1 aromatic carbocycles. The molecule has 2 unspecified atom stereocenters. The number of rotatable bonds is 2. The molecule has 3 rings (SSSR count). The predicted octanol–water partition coefficient (Wildman–Crippen LogP) is 0.282. The number of benzene rings is 1. The highest BCUT2D eigenvalue weighted by Crippen LogP contribution is 2.23. The monoisotopic (exact) mass is 261 g/mol. The van der Waals surface area contributed by atoms with Gasteiger partial charge in [0.25, 0.3) is 0 Å². The molecule has 102 valence electrons. The number of aliphatic hydroxyl groups is 2. The summed E-state index contributed by atoms with van der Waals surface area (Å²) in [5.74, 6) is -0.0199. The van der Waals surface area contributed by atoms with Crippen LogP contribution in [0.3, 0.4) is 0 Å². The summed E-state index contributed by atoms with van der Waals surface area (Å²) in [5.41, 5.74) is 3.80. The zero-order valence-corrected chi connectivity index (χ0v) is 10.9. The summed E-state index contributed by atoms with van der Waals surface area (Å²) >= 11 is 0. The molecule has 0 aromatic heterocycles. The fraction of sp³-hybridized carbons (Fsp3) is 0.533. The second-order valence-electron chi connectivity index (χ2n) is 5.57. The van der Waals surface area contributed by atoms with Gasteiger partial charge in [-0.15, -0.1) is 0 Å². The standard InChI is InChI=1S/C15H19NO3/c17-13-8-16(9-14(13)18)15(19)7-10-4-5-11-2-1-3-12(11)6-10/h4-6,13-14,17-18H,1-3,7-9H2. The van der Waals surface area contributed by atoms with E-state index < -0.39 is 12.2 Å². The number of carbonyl (C=O) groups is 1. The van der Waals surface area contributed by atoms with Crippen LogP contribution in [0.1, 0.15) is 23.1 Å². The number of amides is 1. The number of β-amino-alcohol motifs (C(OH)–C–C–N with tert-alkyl or cyclic N) is 2. The van der Waals surface area contributed by atoms with Crippen LogP contribution in [0.4, 0.5) is 0 Å². The molecule has 0 radical (unpaired) electrons. The maximum absolute atomic E-state index is 12.1. The van der Waals surface area contributed by atoms with Gasteiger partial charge in [0.15, 0.2) is 0 Å². The van der Waals surface area contributed by atoms with E-state index in [0.717, 1.165) is 18.4 Å². The van der Waals surface area contributed by atoms with Crippen LogP contribution in [0, 0.1) is 0 Å². The molecular weight excluding hydrogens is 242 g/mol. The number of aryl methyl sites for hydroxylation is 2. The van der Waals surface area contributed by atoms with E-state index in [2.05, 4.69) is 12.1 Å². The zero-order chi connectivity index (χ0) is 13.4. The van der Waals surface area contributed by atoms with Gasteiger partial charge >= 0.3 is 0 Å². The summed E-state index contributed by atoms with van der Waals surface area (Å²) in [6.45, 7) is 0.482. The Hall–Kier alpha value is -1.39. The first-order chi connectivity index (χ1) is 9.13. The lowest BCUT2D eigenvalue weighted by Gasteiger charge is -2.15. The number of hydrogen-bond donors (Lipinski definition) is 2. The van der Waals surface area contributed by atoms with Gasteiger partial charge in [0.05, 0.1) is 18.6 Å². The maximum atomic E-state index is 12.1. The number of fused-ring (bicyclic) bond motifs is 1. The van der Waals surface area contributed by atoms with Crippen LogP contribution >= 0.6 is 0 Å². The summed E-state index contributed by atoms with van der Waals surface area (Å²) < 4.78 is 0. The molecule has 0 spiro atoms. The normalized spacial score (nSPS) is 25.7. The van der Waals surface area contributed by atoms with Crippen LogP contribution in [-0.4, -0.2) is 46.3 Å². The van der Waals surface area contributed by atoms with E-state index in [-0.39, 0.29) is 19.0 Å². The van der Waals surface area contributed by atoms with E-state index in [4.69, 9.17) is 0 Å². The van der Waals surface area contributed by atoms with Gasteiger partial charge in [-0.2, -0.15) is 0 Å². The van der Waals surface area contributed by atoms with Gasteiger partial charge in [0.2, 0.25) is 5.91 Å². The molecule has 1 aromatic rings. The molecule has 19 heavy (non-hydrogen) atoms. The fourth-order valence-electron chi connectivity index (χ4n) is 2.99. The van der Waals surface area contributed by atoms with Crippen LogP contribution in [0.25, 0.3) is 0 Å². The van der Waals surface area contributed by atoms with Crippen LogP contribution in [0.15, 0.2) is 18.2 Å². The topological polar surface area (TPSA) is 60.8 Å². The van der Waals surface area contributed by atoms with Gasteiger partial charge in [-0.25, -0.2) is 0 Å². The second-order valence-corrected chi connectivity index (χ2v) is 5.57. The lowest BCUT2D eigenvalue weighted by Crippen LogP contribution is -2.31. The first kappa shape index (κ1) is 12.6. The highest BCUT2D eigenvalue weighted by Gasteiger charge is 2.32. The molecule has 1 saturated heterocycles. The van der Waals surface area contributed by atoms with Gasteiger partial charge in [0, 0.05) is 13.1 Å². The zero-order valence-electron chi connectivity index (χ0n) is 10.9. The largest absolute Gasteiger partial charge is 0.388 e. The molecule has 4 heteroatoms. The van der Waals surface area contributed by atoms with E-state index in [0.29, 0.717) is 6.42 Å². The molecule has 1 aliphatic carbocycles. The molecule has 1 heterocycles. The average molecular weight is 261 g/mol. The Kier molecular flexibility index (Phi) is 3.29. The van der Waals surface area contributed by atoms with Gasteiger partial charge in [0.1, 0.15) is 0 Å². The van der Waals surface area contributed by atoms with Gasteiger partial charge in [-0.1, -0.05) is 18.2 Å². The van der Waals surface area contributed by atoms with E-state index in [1.807, 2.05) is 6.07 Å². The average Bonchev–Trinajstić information content (AvgIpc) is 2.96. The summed E-state index contributed by atoms with van der Waals surface area (Å²) in [5, 5.41) is 18.9. The van der Waals surface area contributed by atoms with Crippen LogP contribution in [-0.2, 0) is 24.1 Å². The summed E-state index contributed by atoms with van der Waals surface area (Å²) in [4.78, 5) is 13.7. The van der Waals surface area contributed by atoms with Crippen molar-refractivity contribution in [3.8, 4) is 0 Å². The summed E-state index contributed by atoms with van der Waals surface area (Å²) in [6.07, 6.45) is 2.21. The van der Waals surface area contributed by atoms with Crippen molar-refractivity contribution >= 4 is 5.91 Å². The molecule has 2 aliphatic rings. The van der Waals surface area contributed by atoms with Crippen molar-refractivity contribution in [2.45, 2.75) is 37.9 Å². The lowest BCUT2D eigenvalue weighted by atomic mass is 10.0. The molecule has 1 aliphatic heterocycles. The quantitative estimate of drug-likeness (QED) is 0.804. The Bertz CT molecular complexity index is 490. The first-order valence-electron chi connectivity index (χ1n) is 6.88. The van der Waals surface area contributed by atoms with E-state index in [9.17, 15) is 15.0 Å². The van der Waals surface area contributed by atoms with Gasteiger partial charge < -0.3 is 15.1 Å². The predicted molar refractivity (Wildman–Crippen MR) is 70.8 cm³/mol. The highest BCUT2D eigenvalue weighted by atomic mass is 16.3. The molecule has 2 N–H and O–H groups in total. The van der Waals surface area contributed by atoms with Gasteiger partial charge in [-0.05, 0) is 36.0 Å². The Labute approximate surface area is 112 Å². The molecule has 2 atom stereocenters. The highest BCUT2D eigenvalue weighted by molar-refractivity contribution is 5.79. The smallest absolute Gasteiger partial charge is 0.227 e. The van der Waals surface area contributed by atoms with Crippen LogP contribution in [0.2, 0.25) is 0 Å². The van der Waals surface area contributed by atoms with Crippen LogP contribution < -0.4 is 0 Å². The number of carbonyl (C=O) groups excluding carboxylic acids is 1. The third-order valence-corrected chi connectivity index (χ3v) is 4.13. The van der Waals surface area contributed by atoms with Crippen molar-refractivity contribution < 1.29 is 15.0 Å². The molecule has 0 bridgehead atoms. The molecule has 1 amide bonds. The van der Waals surface area contributed by atoms with Crippen LogP contribution in [0.5, 0.6) is 0 Å². The van der Waals surface area contributed by atoms with Crippen molar-refractivity contribution in [1.29, 1.82) is 0 Å². The van der Waals surface area contributed by atoms with E-state index >= 15 is 0 Å².